The van der Waals surface area contributed by atoms with Crippen LogP contribution in [0.1, 0.15) is 17.5 Å². The van der Waals surface area contributed by atoms with Gasteiger partial charge in [-0.2, -0.15) is 0 Å². The molecule has 1 heterocycles. The molecule has 5 heteroatoms. The summed E-state index contributed by atoms with van der Waals surface area (Å²) in [6, 6.07) is 24.2. The minimum Gasteiger partial charge on any atom is -0.454 e. The van der Waals surface area contributed by atoms with Crippen molar-refractivity contribution in [2.45, 2.75) is 23.5 Å². The number of ether oxygens (including phenoxy) is 2. The van der Waals surface area contributed by atoms with Gasteiger partial charge in [0.2, 0.25) is 12.7 Å². The van der Waals surface area contributed by atoms with E-state index in [1.165, 1.54) is 10.5 Å². The van der Waals surface area contributed by atoms with Crippen LogP contribution in [0.3, 0.4) is 0 Å². The zero-order valence-electron chi connectivity index (χ0n) is 15.4. The van der Waals surface area contributed by atoms with E-state index in [4.69, 9.17) is 9.47 Å². The third-order valence-electron chi connectivity index (χ3n) is 4.46. The van der Waals surface area contributed by atoms with Crippen molar-refractivity contribution in [1.29, 1.82) is 0 Å². The smallest absolute Gasteiger partial charge is 0.231 e. The molecule has 3 aromatic carbocycles. The van der Waals surface area contributed by atoms with Crippen molar-refractivity contribution in [3.05, 3.63) is 83.9 Å². The molecular weight excluding hydrogens is 370 g/mol. The highest BCUT2D eigenvalue weighted by Crippen LogP contribution is 2.32. The van der Waals surface area contributed by atoms with Crippen LogP contribution in [0, 0.1) is 0 Å². The van der Waals surface area contributed by atoms with Crippen LogP contribution in [0.15, 0.2) is 77.7 Å². The van der Waals surface area contributed by atoms with E-state index in [1.807, 2.05) is 48.5 Å². The number of thioether (sulfide) groups is 1. The third kappa shape index (κ3) is 4.87. The zero-order chi connectivity index (χ0) is 19.2. The van der Waals surface area contributed by atoms with Gasteiger partial charge in [0.1, 0.15) is 0 Å². The SMILES string of the molecule is O=C(CCc1ccc2c(c1)OCO2)Nc1ccc(CSc2ccccc2)cc1. The Bertz CT molecular complexity index is 942. The van der Waals surface area contributed by atoms with Crippen molar-refractivity contribution in [3.63, 3.8) is 0 Å². The highest BCUT2D eigenvalue weighted by atomic mass is 32.2. The van der Waals surface area contributed by atoms with Crippen LogP contribution in [-0.2, 0) is 17.0 Å². The Morgan fingerprint density at radius 3 is 2.46 bits per heavy atom. The van der Waals surface area contributed by atoms with Crippen LogP contribution in [0.5, 0.6) is 11.5 Å². The Morgan fingerprint density at radius 1 is 0.893 bits per heavy atom. The molecule has 4 rings (SSSR count). The third-order valence-corrected chi connectivity index (χ3v) is 5.55. The highest BCUT2D eigenvalue weighted by molar-refractivity contribution is 7.98. The van der Waals surface area contributed by atoms with Gasteiger partial charge in [0.05, 0.1) is 0 Å². The number of fused-ring (bicyclic) bond motifs is 1. The summed E-state index contributed by atoms with van der Waals surface area (Å²) in [4.78, 5) is 13.5. The van der Waals surface area contributed by atoms with E-state index in [2.05, 4.69) is 29.6 Å². The van der Waals surface area contributed by atoms with Crippen molar-refractivity contribution in [2.75, 3.05) is 12.1 Å². The Hall–Kier alpha value is -2.92. The predicted octanol–water partition coefficient (Wildman–Crippen LogP) is 5.28. The van der Waals surface area contributed by atoms with Crippen molar-refractivity contribution >= 4 is 23.4 Å². The number of amides is 1. The molecule has 1 amide bonds. The van der Waals surface area contributed by atoms with Crippen LogP contribution in [-0.4, -0.2) is 12.7 Å². The molecular formula is C23H21NO3S. The molecule has 0 spiro atoms. The van der Waals surface area contributed by atoms with Gasteiger partial charge in [0.25, 0.3) is 0 Å². The molecule has 4 nitrogen and oxygen atoms in total. The largest absolute Gasteiger partial charge is 0.454 e. The van der Waals surface area contributed by atoms with Crippen LogP contribution in [0.25, 0.3) is 0 Å². The summed E-state index contributed by atoms with van der Waals surface area (Å²) in [6.45, 7) is 0.263. The second-order valence-electron chi connectivity index (χ2n) is 6.53. The van der Waals surface area contributed by atoms with Gasteiger partial charge >= 0.3 is 0 Å². The van der Waals surface area contributed by atoms with Gasteiger partial charge in [-0.25, -0.2) is 0 Å². The summed E-state index contributed by atoms with van der Waals surface area (Å²) in [6.07, 6.45) is 1.08. The Labute approximate surface area is 168 Å². The van der Waals surface area contributed by atoms with Crippen LogP contribution >= 0.6 is 11.8 Å². The predicted molar refractivity (Wildman–Crippen MR) is 112 cm³/mol. The topological polar surface area (TPSA) is 47.6 Å². The Morgan fingerprint density at radius 2 is 1.64 bits per heavy atom. The lowest BCUT2D eigenvalue weighted by Crippen LogP contribution is -2.12. The maximum atomic E-state index is 12.2. The first kappa shape index (κ1) is 18.4. The summed E-state index contributed by atoms with van der Waals surface area (Å²) < 4.78 is 10.7. The Kier molecular flexibility index (Phi) is 5.83. The van der Waals surface area contributed by atoms with Crippen molar-refractivity contribution in [1.82, 2.24) is 0 Å². The molecule has 3 aromatic rings. The standard InChI is InChI=1S/C23H21NO3S/c25-23(13-9-17-8-12-21-22(14-17)27-16-26-21)24-19-10-6-18(7-11-19)15-28-20-4-2-1-3-5-20/h1-8,10-12,14H,9,13,15-16H2,(H,24,25). The molecule has 28 heavy (non-hydrogen) atoms. The van der Waals surface area contributed by atoms with E-state index in [9.17, 15) is 4.79 Å². The van der Waals surface area contributed by atoms with Crippen molar-refractivity contribution < 1.29 is 14.3 Å². The van der Waals surface area contributed by atoms with Crippen LogP contribution < -0.4 is 14.8 Å². The number of anilines is 1. The number of carbonyl (C=O) groups excluding carboxylic acids is 1. The minimum atomic E-state index is 0.00378. The number of aryl methyl sites for hydroxylation is 1. The monoisotopic (exact) mass is 391 g/mol. The maximum absolute atomic E-state index is 12.2. The van der Waals surface area contributed by atoms with E-state index in [0.717, 1.165) is 28.5 Å². The lowest BCUT2D eigenvalue weighted by atomic mass is 10.1. The molecule has 0 aliphatic carbocycles. The summed E-state index contributed by atoms with van der Waals surface area (Å²) in [5.41, 5.74) is 3.11. The number of benzene rings is 3. The first-order valence-electron chi connectivity index (χ1n) is 9.21. The first-order chi connectivity index (χ1) is 13.8. The fraction of sp³-hybridized carbons (Fsp3) is 0.174. The molecule has 1 aliphatic heterocycles. The van der Waals surface area contributed by atoms with E-state index in [-0.39, 0.29) is 12.7 Å². The van der Waals surface area contributed by atoms with E-state index in [1.54, 1.807) is 11.8 Å². The van der Waals surface area contributed by atoms with Crippen LogP contribution in [0.2, 0.25) is 0 Å². The molecule has 0 saturated heterocycles. The van der Waals surface area contributed by atoms with Gasteiger partial charge in [-0.3, -0.25) is 4.79 Å². The summed E-state index contributed by atoms with van der Waals surface area (Å²) in [7, 11) is 0. The summed E-state index contributed by atoms with van der Waals surface area (Å²) >= 11 is 1.80. The van der Waals surface area contributed by atoms with E-state index < -0.39 is 0 Å². The second kappa shape index (κ2) is 8.85. The number of rotatable bonds is 7. The summed E-state index contributed by atoms with van der Waals surface area (Å²) in [5, 5.41) is 2.96. The van der Waals surface area contributed by atoms with E-state index >= 15 is 0 Å². The average molecular weight is 391 g/mol. The average Bonchev–Trinajstić information content (AvgIpc) is 3.20. The molecule has 0 atom stereocenters. The molecule has 1 N–H and O–H groups in total. The maximum Gasteiger partial charge on any atom is 0.231 e. The van der Waals surface area contributed by atoms with Gasteiger partial charge < -0.3 is 14.8 Å². The normalized spacial score (nSPS) is 12.0. The Balaban J connectivity index is 1.25. The van der Waals surface area contributed by atoms with Gasteiger partial charge in [-0.05, 0) is 53.9 Å². The molecule has 0 saturated carbocycles. The van der Waals surface area contributed by atoms with Gasteiger partial charge in [-0.15, -0.1) is 11.8 Å². The molecule has 142 valence electrons. The number of carbonyl (C=O) groups is 1. The van der Waals surface area contributed by atoms with Gasteiger partial charge in [0.15, 0.2) is 11.5 Å². The zero-order valence-corrected chi connectivity index (χ0v) is 16.2. The van der Waals surface area contributed by atoms with Gasteiger partial charge in [-0.1, -0.05) is 36.4 Å². The molecule has 0 aromatic heterocycles. The molecule has 0 bridgehead atoms. The first-order valence-corrected chi connectivity index (χ1v) is 10.2. The van der Waals surface area contributed by atoms with E-state index in [0.29, 0.717) is 12.8 Å². The molecule has 0 unspecified atom stereocenters. The number of nitrogens with one attached hydrogen (secondary N) is 1. The lowest BCUT2D eigenvalue weighted by molar-refractivity contribution is -0.116. The van der Waals surface area contributed by atoms with Gasteiger partial charge in [0, 0.05) is 22.8 Å². The summed E-state index contributed by atoms with van der Waals surface area (Å²) in [5.74, 6) is 2.42. The number of hydrogen-bond acceptors (Lipinski definition) is 4. The van der Waals surface area contributed by atoms with Crippen LogP contribution in [0.4, 0.5) is 5.69 Å². The van der Waals surface area contributed by atoms with Crippen molar-refractivity contribution in [2.24, 2.45) is 0 Å². The molecule has 0 radical (unpaired) electrons. The second-order valence-corrected chi connectivity index (χ2v) is 7.58. The fourth-order valence-electron chi connectivity index (χ4n) is 2.95. The molecule has 1 aliphatic rings. The number of hydrogen-bond donors (Lipinski definition) is 1. The van der Waals surface area contributed by atoms with Crippen molar-refractivity contribution in [3.8, 4) is 11.5 Å². The fourth-order valence-corrected chi connectivity index (χ4v) is 3.82. The highest BCUT2D eigenvalue weighted by Gasteiger charge is 2.13. The quantitative estimate of drug-likeness (QED) is 0.557. The minimum absolute atomic E-state index is 0.00378. The molecule has 0 fully saturated rings. The lowest BCUT2D eigenvalue weighted by Gasteiger charge is -2.07.